The average molecular weight is 460 g/mol. The summed E-state index contributed by atoms with van der Waals surface area (Å²) in [7, 11) is 5.67. The van der Waals surface area contributed by atoms with Crippen LogP contribution in [0.25, 0.3) is 22.5 Å². The normalized spacial score (nSPS) is 15.7. The van der Waals surface area contributed by atoms with Crippen LogP contribution in [-0.2, 0) is 4.74 Å². The number of nitrogens with zero attached hydrogens (tertiary/aromatic N) is 4. The first kappa shape index (κ1) is 25.1. The molecule has 1 aromatic carbocycles. The number of hydrogen-bond acceptors (Lipinski definition) is 7. The molecule has 0 saturated carbocycles. The molecule has 7 nitrogen and oxygen atoms in total. The highest BCUT2D eigenvalue weighted by molar-refractivity contribution is 6.12. The zero-order valence-electron chi connectivity index (χ0n) is 20.4. The molecular weight excluding hydrogens is 426 g/mol. The lowest BCUT2D eigenvalue weighted by Gasteiger charge is -2.41. The Morgan fingerprint density at radius 1 is 1.32 bits per heavy atom. The Balaban J connectivity index is 2.12. The van der Waals surface area contributed by atoms with E-state index < -0.39 is 5.54 Å². The van der Waals surface area contributed by atoms with Crippen molar-refractivity contribution in [2.24, 2.45) is 4.99 Å². The minimum Gasteiger partial charge on any atom is -0.394 e. The average Bonchev–Trinajstić information content (AvgIpc) is 2.79. The van der Waals surface area contributed by atoms with E-state index in [1.165, 1.54) is 0 Å². The number of anilines is 1. The second-order valence-electron chi connectivity index (χ2n) is 8.68. The number of rotatable bonds is 10. The fraction of sp³-hybridized carbons (Fsp3) is 0.296. The van der Waals surface area contributed by atoms with Gasteiger partial charge in [-0.25, -0.2) is 9.97 Å². The van der Waals surface area contributed by atoms with Crippen molar-refractivity contribution in [1.82, 2.24) is 14.9 Å². The minimum atomic E-state index is -0.579. The van der Waals surface area contributed by atoms with Crippen LogP contribution >= 0.6 is 0 Å². The molecule has 0 bridgehead atoms. The van der Waals surface area contributed by atoms with Crippen molar-refractivity contribution in [3.63, 3.8) is 0 Å². The smallest absolute Gasteiger partial charge is 0.161 e. The van der Waals surface area contributed by atoms with E-state index in [-0.39, 0.29) is 6.61 Å². The van der Waals surface area contributed by atoms with Gasteiger partial charge in [0.1, 0.15) is 11.4 Å². The van der Waals surface area contributed by atoms with Crippen LogP contribution < -0.4 is 5.32 Å². The number of hydrogen-bond donors (Lipinski definition) is 2. The van der Waals surface area contributed by atoms with Crippen molar-refractivity contribution in [3.8, 4) is 11.4 Å². The van der Waals surface area contributed by atoms with Crippen molar-refractivity contribution in [3.05, 3.63) is 78.7 Å². The largest absolute Gasteiger partial charge is 0.394 e. The minimum absolute atomic E-state index is 0.0688. The molecule has 0 unspecified atom stereocenters. The predicted molar refractivity (Wildman–Crippen MR) is 141 cm³/mol. The highest BCUT2D eigenvalue weighted by Gasteiger charge is 2.39. The summed E-state index contributed by atoms with van der Waals surface area (Å²) >= 11 is 0. The number of aliphatic hydroxyl groups excluding tert-OH is 1. The number of ether oxygens (including phenoxy) is 1. The van der Waals surface area contributed by atoms with Gasteiger partial charge in [0.2, 0.25) is 0 Å². The molecule has 1 aromatic heterocycles. The van der Waals surface area contributed by atoms with Gasteiger partial charge in [-0.2, -0.15) is 0 Å². The molecule has 1 aliphatic rings. The van der Waals surface area contributed by atoms with Crippen LogP contribution in [0, 0.1) is 0 Å². The van der Waals surface area contributed by atoms with E-state index in [0.29, 0.717) is 24.9 Å². The summed E-state index contributed by atoms with van der Waals surface area (Å²) in [6.45, 7) is 10.6. The van der Waals surface area contributed by atoms with Crippen molar-refractivity contribution in [2.45, 2.75) is 12.5 Å². The van der Waals surface area contributed by atoms with E-state index in [1.54, 1.807) is 19.5 Å². The molecule has 1 fully saturated rings. The SMILES string of the molecule is C=C/C(=C\N(C)C)c1cccc(-c2ncc(C(/C=N\C)=C/C(=C)C)c(NC3(CO)COC3)n2)c1. The summed E-state index contributed by atoms with van der Waals surface area (Å²) in [5.74, 6) is 1.17. The first-order valence-corrected chi connectivity index (χ1v) is 11.1. The molecule has 0 amide bonds. The maximum Gasteiger partial charge on any atom is 0.161 e. The fourth-order valence-corrected chi connectivity index (χ4v) is 3.58. The summed E-state index contributed by atoms with van der Waals surface area (Å²) in [6.07, 6.45) is 9.31. The van der Waals surface area contributed by atoms with E-state index in [1.807, 2.05) is 68.5 Å². The predicted octanol–water partition coefficient (Wildman–Crippen LogP) is 4.07. The zero-order valence-corrected chi connectivity index (χ0v) is 20.4. The summed E-state index contributed by atoms with van der Waals surface area (Å²) in [5.41, 5.74) is 4.79. The lowest BCUT2D eigenvalue weighted by molar-refractivity contribution is -0.0651. The summed E-state index contributed by atoms with van der Waals surface area (Å²) in [6, 6.07) is 8.03. The van der Waals surface area contributed by atoms with Gasteiger partial charge in [-0.3, -0.25) is 4.99 Å². The molecule has 0 radical (unpaired) electrons. The fourth-order valence-electron chi connectivity index (χ4n) is 3.58. The monoisotopic (exact) mass is 459 g/mol. The molecule has 7 heteroatoms. The Bertz CT molecular complexity index is 1140. The number of aliphatic imine (C=N–C) groups is 1. The third kappa shape index (κ3) is 5.87. The molecule has 2 heterocycles. The van der Waals surface area contributed by atoms with Crippen LogP contribution in [-0.4, -0.2) is 72.7 Å². The summed E-state index contributed by atoms with van der Waals surface area (Å²) < 4.78 is 5.37. The van der Waals surface area contributed by atoms with E-state index in [9.17, 15) is 5.11 Å². The maximum absolute atomic E-state index is 10.00. The molecule has 0 spiro atoms. The molecule has 178 valence electrons. The van der Waals surface area contributed by atoms with E-state index in [4.69, 9.17) is 9.72 Å². The van der Waals surface area contributed by atoms with Gasteiger partial charge < -0.3 is 20.1 Å². The van der Waals surface area contributed by atoms with Gasteiger partial charge in [-0.05, 0) is 24.1 Å². The topological polar surface area (TPSA) is 82.9 Å². The van der Waals surface area contributed by atoms with Crippen molar-refractivity contribution in [2.75, 3.05) is 46.3 Å². The van der Waals surface area contributed by atoms with Gasteiger partial charge in [0.15, 0.2) is 5.82 Å². The van der Waals surface area contributed by atoms with E-state index in [2.05, 4.69) is 28.5 Å². The first-order chi connectivity index (χ1) is 16.3. The molecular formula is C27H33N5O2. The molecule has 2 aromatic rings. The first-order valence-electron chi connectivity index (χ1n) is 11.1. The van der Waals surface area contributed by atoms with Crippen LogP contribution in [0.1, 0.15) is 18.1 Å². The maximum atomic E-state index is 10.00. The Morgan fingerprint density at radius 3 is 2.65 bits per heavy atom. The highest BCUT2D eigenvalue weighted by atomic mass is 16.5. The Morgan fingerprint density at radius 2 is 2.09 bits per heavy atom. The number of allylic oxidation sites excluding steroid dienone is 5. The van der Waals surface area contributed by atoms with Crippen LogP contribution in [0.5, 0.6) is 0 Å². The molecule has 1 aliphatic heterocycles. The molecule has 2 N–H and O–H groups in total. The van der Waals surface area contributed by atoms with Gasteiger partial charge in [0.25, 0.3) is 0 Å². The number of aromatic nitrogens is 2. The van der Waals surface area contributed by atoms with Crippen molar-refractivity contribution >= 4 is 23.2 Å². The quantitative estimate of drug-likeness (QED) is 0.412. The Kier molecular flexibility index (Phi) is 8.15. The third-order valence-corrected chi connectivity index (χ3v) is 5.28. The molecule has 0 atom stereocenters. The van der Waals surface area contributed by atoms with Crippen molar-refractivity contribution < 1.29 is 9.84 Å². The van der Waals surface area contributed by atoms with Gasteiger partial charge in [0, 0.05) is 56.5 Å². The van der Waals surface area contributed by atoms with Gasteiger partial charge >= 0.3 is 0 Å². The summed E-state index contributed by atoms with van der Waals surface area (Å²) in [5, 5.41) is 13.4. The summed E-state index contributed by atoms with van der Waals surface area (Å²) in [4.78, 5) is 15.7. The zero-order chi connectivity index (χ0) is 24.7. The van der Waals surface area contributed by atoms with Gasteiger partial charge in [-0.1, -0.05) is 49.1 Å². The Labute approximate surface area is 201 Å². The Hall–Kier alpha value is -3.55. The molecule has 34 heavy (non-hydrogen) atoms. The molecule has 0 aliphatic carbocycles. The molecule has 3 rings (SSSR count). The van der Waals surface area contributed by atoms with Crippen LogP contribution in [0.2, 0.25) is 0 Å². The second kappa shape index (κ2) is 11.0. The molecule has 1 saturated heterocycles. The van der Waals surface area contributed by atoms with Crippen molar-refractivity contribution in [1.29, 1.82) is 0 Å². The van der Waals surface area contributed by atoms with Crippen LogP contribution in [0.4, 0.5) is 5.82 Å². The lowest BCUT2D eigenvalue weighted by Crippen LogP contribution is -2.58. The number of benzene rings is 1. The van der Waals surface area contributed by atoms with Crippen LogP contribution in [0.15, 0.2) is 72.5 Å². The van der Waals surface area contributed by atoms with E-state index >= 15 is 0 Å². The van der Waals surface area contributed by atoms with Gasteiger partial charge in [-0.15, -0.1) is 0 Å². The second-order valence-corrected chi connectivity index (χ2v) is 8.68. The number of aliphatic hydroxyl groups is 1. The number of nitrogens with one attached hydrogen (secondary N) is 1. The van der Waals surface area contributed by atoms with Crippen LogP contribution in [0.3, 0.4) is 0 Å². The third-order valence-electron chi connectivity index (χ3n) is 5.28. The standard InChI is InChI=1S/C27H33N5O2/c1-7-20(15-32(5)6)21-9-8-10-22(12-21)25-29-14-24(23(13-28-4)11-19(2)3)26(30-25)31-27(16-33)17-34-18-27/h7-15,33H,1-2,16-18H2,3-6H3,(H,29,30,31)/b20-15+,23-11+,28-13-. The highest BCUT2D eigenvalue weighted by Crippen LogP contribution is 2.30. The lowest BCUT2D eigenvalue weighted by atomic mass is 9.97. The van der Waals surface area contributed by atoms with Gasteiger partial charge in [0.05, 0.1) is 19.8 Å². The van der Waals surface area contributed by atoms with E-state index in [0.717, 1.165) is 33.4 Å².